The highest BCUT2D eigenvalue weighted by Crippen LogP contribution is 2.30. The molecule has 2 aromatic rings. The van der Waals surface area contributed by atoms with Gasteiger partial charge >= 0.3 is 0 Å². The largest absolute Gasteiger partial charge is 0.354 e. The van der Waals surface area contributed by atoms with E-state index < -0.39 is 0 Å². The number of aromatic nitrogens is 4. The van der Waals surface area contributed by atoms with Crippen LogP contribution >= 0.6 is 0 Å². The molecule has 94 valence electrons. The average molecular weight is 243 g/mol. The number of hydrogen-bond acceptors (Lipinski definition) is 4. The van der Waals surface area contributed by atoms with Crippen LogP contribution in [0.3, 0.4) is 0 Å². The molecule has 0 saturated carbocycles. The van der Waals surface area contributed by atoms with Gasteiger partial charge in [0.25, 0.3) is 0 Å². The first-order chi connectivity index (χ1) is 8.79. The van der Waals surface area contributed by atoms with Crippen LogP contribution in [0, 0.1) is 5.92 Å². The Bertz CT molecular complexity index is 534. The van der Waals surface area contributed by atoms with Crippen LogP contribution in [-0.2, 0) is 0 Å². The molecule has 0 amide bonds. The van der Waals surface area contributed by atoms with Gasteiger partial charge in [0.05, 0.1) is 6.04 Å². The molecular formula is C13H17N5. The molecule has 2 unspecified atom stereocenters. The Morgan fingerprint density at radius 3 is 3.06 bits per heavy atom. The summed E-state index contributed by atoms with van der Waals surface area (Å²) in [5, 5.41) is 7.93. The van der Waals surface area contributed by atoms with E-state index in [0.717, 1.165) is 24.6 Å². The molecule has 1 aliphatic rings. The summed E-state index contributed by atoms with van der Waals surface area (Å²) in [6.45, 7) is 5.39. The fourth-order valence-corrected chi connectivity index (χ4v) is 2.48. The summed E-state index contributed by atoms with van der Waals surface area (Å²) in [6, 6.07) is 6.21. The summed E-state index contributed by atoms with van der Waals surface area (Å²) in [7, 11) is 0. The zero-order valence-corrected chi connectivity index (χ0v) is 10.7. The topological polar surface area (TPSA) is 55.6 Å². The molecule has 5 heteroatoms. The molecule has 3 rings (SSSR count). The van der Waals surface area contributed by atoms with Gasteiger partial charge in [0.2, 0.25) is 11.8 Å². The van der Waals surface area contributed by atoms with Crippen molar-refractivity contribution in [3.05, 3.63) is 24.4 Å². The van der Waals surface area contributed by atoms with Crippen molar-refractivity contribution in [1.82, 2.24) is 19.7 Å². The van der Waals surface area contributed by atoms with E-state index in [0.29, 0.717) is 17.8 Å². The summed E-state index contributed by atoms with van der Waals surface area (Å²) < 4.78 is 2.01. The van der Waals surface area contributed by atoms with Crippen molar-refractivity contribution in [3.8, 4) is 11.5 Å². The van der Waals surface area contributed by atoms with Gasteiger partial charge in [-0.2, -0.15) is 4.98 Å². The number of rotatable bonds is 2. The standard InChI is InChI=1S/C13H17N5/c1-3-11-9(2)8-15-13-16-12(17-18(11)13)10-6-4-5-7-14-10/h4-7,9,11H,3,8H2,1-2H3,(H,15,16,17). The molecule has 3 heterocycles. The Hall–Kier alpha value is -1.91. The minimum atomic E-state index is 0.422. The second-order valence-electron chi connectivity index (χ2n) is 4.75. The molecule has 0 aromatic carbocycles. The van der Waals surface area contributed by atoms with E-state index in [1.807, 2.05) is 22.9 Å². The second kappa shape index (κ2) is 4.40. The van der Waals surface area contributed by atoms with E-state index in [1.54, 1.807) is 6.20 Å². The molecule has 0 aliphatic carbocycles. The molecule has 0 bridgehead atoms. The van der Waals surface area contributed by atoms with Crippen molar-refractivity contribution in [2.24, 2.45) is 5.92 Å². The van der Waals surface area contributed by atoms with E-state index in [-0.39, 0.29) is 0 Å². The van der Waals surface area contributed by atoms with Gasteiger partial charge in [0, 0.05) is 12.7 Å². The number of hydrogen-bond donors (Lipinski definition) is 1. The fourth-order valence-electron chi connectivity index (χ4n) is 2.48. The Labute approximate surface area is 106 Å². The first kappa shape index (κ1) is 11.2. The van der Waals surface area contributed by atoms with Crippen molar-refractivity contribution in [1.29, 1.82) is 0 Å². The molecule has 0 saturated heterocycles. The minimum Gasteiger partial charge on any atom is -0.354 e. The predicted octanol–water partition coefficient (Wildman–Crippen LogP) is 2.35. The summed E-state index contributed by atoms with van der Waals surface area (Å²) >= 11 is 0. The van der Waals surface area contributed by atoms with E-state index in [1.165, 1.54) is 0 Å². The maximum atomic E-state index is 4.60. The summed E-state index contributed by atoms with van der Waals surface area (Å²) in [6.07, 6.45) is 2.84. The third-order valence-corrected chi connectivity index (χ3v) is 3.50. The highest BCUT2D eigenvalue weighted by atomic mass is 15.4. The molecule has 1 N–H and O–H groups in total. The quantitative estimate of drug-likeness (QED) is 0.879. The molecule has 0 fully saturated rings. The number of anilines is 1. The van der Waals surface area contributed by atoms with E-state index in [2.05, 4.69) is 34.2 Å². The Morgan fingerprint density at radius 1 is 1.44 bits per heavy atom. The van der Waals surface area contributed by atoms with E-state index in [9.17, 15) is 0 Å². The molecule has 0 spiro atoms. The van der Waals surface area contributed by atoms with Gasteiger partial charge in [-0.05, 0) is 24.5 Å². The monoisotopic (exact) mass is 243 g/mol. The van der Waals surface area contributed by atoms with Gasteiger partial charge < -0.3 is 5.32 Å². The van der Waals surface area contributed by atoms with Gasteiger partial charge in [0.15, 0.2) is 0 Å². The van der Waals surface area contributed by atoms with Crippen molar-refractivity contribution in [2.45, 2.75) is 26.3 Å². The molecule has 18 heavy (non-hydrogen) atoms. The molecule has 0 radical (unpaired) electrons. The van der Waals surface area contributed by atoms with Gasteiger partial charge in [-0.3, -0.25) is 4.98 Å². The molecule has 2 atom stereocenters. The Balaban J connectivity index is 2.02. The predicted molar refractivity (Wildman–Crippen MR) is 70.2 cm³/mol. The maximum absolute atomic E-state index is 4.60. The Morgan fingerprint density at radius 2 is 2.33 bits per heavy atom. The van der Waals surface area contributed by atoms with Crippen LogP contribution < -0.4 is 5.32 Å². The summed E-state index contributed by atoms with van der Waals surface area (Å²) in [5.74, 6) is 2.13. The highest BCUT2D eigenvalue weighted by molar-refractivity contribution is 5.51. The molecular weight excluding hydrogens is 226 g/mol. The molecule has 5 nitrogen and oxygen atoms in total. The minimum absolute atomic E-state index is 0.422. The van der Waals surface area contributed by atoms with E-state index >= 15 is 0 Å². The van der Waals surface area contributed by atoms with Crippen LogP contribution in [-0.4, -0.2) is 26.3 Å². The zero-order valence-electron chi connectivity index (χ0n) is 10.7. The second-order valence-corrected chi connectivity index (χ2v) is 4.75. The molecule has 2 aromatic heterocycles. The van der Waals surface area contributed by atoms with Gasteiger partial charge in [-0.25, -0.2) is 4.68 Å². The maximum Gasteiger partial charge on any atom is 0.222 e. The van der Waals surface area contributed by atoms with Gasteiger partial charge in [0.1, 0.15) is 5.69 Å². The number of pyridine rings is 1. The van der Waals surface area contributed by atoms with Crippen molar-refractivity contribution in [2.75, 3.05) is 11.9 Å². The van der Waals surface area contributed by atoms with Crippen LogP contribution in [0.25, 0.3) is 11.5 Å². The first-order valence-electron chi connectivity index (χ1n) is 6.41. The van der Waals surface area contributed by atoms with Gasteiger partial charge in [-0.15, -0.1) is 5.10 Å². The SMILES string of the molecule is CCC1C(C)CNc2nc(-c3ccccn3)nn21. The fraction of sp³-hybridized carbons (Fsp3) is 0.462. The van der Waals surface area contributed by atoms with Crippen molar-refractivity contribution < 1.29 is 0 Å². The van der Waals surface area contributed by atoms with Crippen molar-refractivity contribution in [3.63, 3.8) is 0 Å². The number of nitrogens with zero attached hydrogens (tertiary/aromatic N) is 4. The lowest BCUT2D eigenvalue weighted by Gasteiger charge is -2.29. The Kier molecular flexibility index (Phi) is 2.74. The number of fused-ring (bicyclic) bond motifs is 1. The summed E-state index contributed by atoms with van der Waals surface area (Å²) in [5.41, 5.74) is 0.823. The van der Waals surface area contributed by atoms with Crippen LogP contribution in [0.15, 0.2) is 24.4 Å². The van der Waals surface area contributed by atoms with E-state index in [4.69, 9.17) is 0 Å². The smallest absolute Gasteiger partial charge is 0.222 e. The van der Waals surface area contributed by atoms with Crippen molar-refractivity contribution >= 4 is 5.95 Å². The zero-order chi connectivity index (χ0) is 12.5. The normalized spacial score (nSPS) is 22.3. The van der Waals surface area contributed by atoms with Crippen LogP contribution in [0.5, 0.6) is 0 Å². The van der Waals surface area contributed by atoms with Crippen LogP contribution in [0.1, 0.15) is 26.3 Å². The third-order valence-electron chi connectivity index (χ3n) is 3.50. The lowest BCUT2D eigenvalue weighted by Crippen LogP contribution is -2.31. The molecule has 1 aliphatic heterocycles. The third kappa shape index (κ3) is 1.75. The van der Waals surface area contributed by atoms with Crippen LogP contribution in [0.2, 0.25) is 0 Å². The number of nitrogens with one attached hydrogen (secondary N) is 1. The first-order valence-corrected chi connectivity index (χ1v) is 6.41. The lowest BCUT2D eigenvalue weighted by molar-refractivity contribution is 0.312. The average Bonchev–Trinajstić information content (AvgIpc) is 2.84. The summed E-state index contributed by atoms with van der Waals surface area (Å²) in [4.78, 5) is 8.83. The lowest BCUT2D eigenvalue weighted by atomic mass is 9.98. The van der Waals surface area contributed by atoms with Crippen LogP contribution in [0.4, 0.5) is 5.95 Å². The van der Waals surface area contributed by atoms with Gasteiger partial charge in [-0.1, -0.05) is 19.9 Å². The highest BCUT2D eigenvalue weighted by Gasteiger charge is 2.27.